The van der Waals surface area contributed by atoms with Crippen LogP contribution >= 0.6 is 11.6 Å². The maximum atomic E-state index is 12.4. The average molecular weight is 366 g/mol. The van der Waals surface area contributed by atoms with Crippen molar-refractivity contribution in [3.8, 4) is 0 Å². The molecule has 24 heavy (non-hydrogen) atoms. The number of anilines is 1. The molecule has 0 aliphatic rings. The molecule has 9 nitrogen and oxygen atoms in total. The van der Waals surface area contributed by atoms with Gasteiger partial charge in [-0.25, -0.2) is 23.4 Å². The molecular weight excluding hydrogens is 358 g/mol. The van der Waals surface area contributed by atoms with Crippen molar-refractivity contribution in [2.75, 3.05) is 4.72 Å². The first-order valence-corrected chi connectivity index (χ1v) is 8.28. The van der Waals surface area contributed by atoms with E-state index in [0.717, 1.165) is 6.07 Å². The van der Waals surface area contributed by atoms with Crippen molar-refractivity contribution in [2.45, 2.75) is 4.90 Å². The molecule has 0 radical (unpaired) electrons. The Morgan fingerprint density at radius 1 is 1.17 bits per heavy atom. The Kier molecular flexibility index (Phi) is 3.99. The van der Waals surface area contributed by atoms with Crippen LogP contribution in [0.15, 0.2) is 47.5 Å². The summed E-state index contributed by atoms with van der Waals surface area (Å²) in [6, 6.07) is 7.87. The van der Waals surface area contributed by atoms with Gasteiger partial charge in [-0.3, -0.25) is 14.8 Å². The van der Waals surface area contributed by atoms with Crippen LogP contribution in [0.25, 0.3) is 11.2 Å². The third-order valence-corrected chi connectivity index (χ3v) is 4.57. The van der Waals surface area contributed by atoms with Gasteiger partial charge in [0.05, 0.1) is 9.82 Å². The van der Waals surface area contributed by atoms with Gasteiger partial charge in [0.2, 0.25) is 0 Å². The second-order valence-corrected chi connectivity index (χ2v) is 6.61. The molecule has 2 heterocycles. The highest BCUT2D eigenvalue weighted by molar-refractivity contribution is 7.92. The van der Waals surface area contributed by atoms with E-state index >= 15 is 0 Å². The van der Waals surface area contributed by atoms with Gasteiger partial charge in [-0.05, 0) is 18.2 Å². The Labute approximate surface area is 140 Å². The normalized spacial score (nSPS) is 11.4. The summed E-state index contributed by atoms with van der Waals surface area (Å²) in [6.07, 6.45) is 1.48. The van der Waals surface area contributed by atoms with Gasteiger partial charge in [0.25, 0.3) is 15.7 Å². The lowest BCUT2D eigenvalue weighted by Gasteiger charge is -2.09. The van der Waals surface area contributed by atoms with Crippen molar-refractivity contribution in [1.29, 1.82) is 0 Å². The van der Waals surface area contributed by atoms with Gasteiger partial charge < -0.3 is 0 Å². The van der Waals surface area contributed by atoms with Gasteiger partial charge >= 0.3 is 0 Å². The minimum atomic E-state index is -4.13. The zero-order valence-corrected chi connectivity index (χ0v) is 13.3. The molecule has 0 bridgehead atoms. The third kappa shape index (κ3) is 3.09. The van der Waals surface area contributed by atoms with E-state index in [4.69, 9.17) is 11.6 Å². The molecule has 122 valence electrons. The van der Waals surface area contributed by atoms with E-state index in [1.807, 2.05) is 0 Å². The monoisotopic (exact) mass is 365 g/mol. The molecule has 11 heteroatoms. The fraction of sp³-hybridized carbons (Fsp3) is 0. The molecule has 0 unspecified atom stereocenters. The highest BCUT2D eigenvalue weighted by Gasteiger charge is 2.20. The number of aromatic nitrogens is 3. The Bertz CT molecular complexity index is 1060. The number of rotatable bonds is 4. The first kappa shape index (κ1) is 16.0. The number of hydrogen-bond donors (Lipinski definition) is 1. The van der Waals surface area contributed by atoms with E-state index in [0.29, 0.717) is 5.52 Å². The molecule has 1 N–H and O–H groups in total. The summed E-state index contributed by atoms with van der Waals surface area (Å²) in [5.41, 5.74) is 0.259. The van der Waals surface area contributed by atoms with Crippen molar-refractivity contribution in [1.82, 2.24) is 15.0 Å². The number of nitrogens with one attached hydrogen (secondary N) is 1. The van der Waals surface area contributed by atoms with Crippen molar-refractivity contribution in [3.63, 3.8) is 0 Å². The first-order valence-electron chi connectivity index (χ1n) is 6.42. The van der Waals surface area contributed by atoms with Crippen LogP contribution in [0, 0.1) is 10.1 Å². The summed E-state index contributed by atoms with van der Waals surface area (Å²) in [6.45, 7) is 0. The number of nitro groups is 1. The molecular formula is C13H8ClN5O4S. The van der Waals surface area contributed by atoms with Crippen LogP contribution in [-0.2, 0) is 10.0 Å². The van der Waals surface area contributed by atoms with Gasteiger partial charge in [-0.1, -0.05) is 17.7 Å². The summed E-state index contributed by atoms with van der Waals surface area (Å²) in [4.78, 5) is 21.8. The third-order valence-electron chi connectivity index (χ3n) is 2.97. The van der Waals surface area contributed by atoms with Crippen LogP contribution in [0.2, 0.25) is 5.15 Å². The zero-order chi connectivity index (χ0) is 17.3. The minimum Gasteiger partial charge on any atom is -0.261 e. The number of non-ortho nitro benzene ring substituents is 1. The van der Waals surface area contributed by atoms with Crippen molar-refractivity contribution in [3.05, 3.63) is 57.9 Å². The largest absolute Gasteiger partial charge is 0.270 e. The molecule has 2 aromatic heterocycles. The Hall–Kier alpha value is -2.85. The minimum absolute atomic E-state index is 0.162. The summed E-state index contributed by atoms with van der Waals surface area (Å²) in [5, 5.41) is 10.6. The fourth-order valence-electron chi connectivity index (χ4n) is 1.89. The molecule has 0 spiro atoms. The van der Waals surface area contributed by atoms with Gasteiger partial charge in [0.15, 0.2) is 16.6 Å². The second-order valence-electron chi connectivity index (χ2n) is 4.57. The molecule has 0 fully saturated rings. The Balaban J connectivity index is 2.02. The highest BCUT2D eigenvalue weighted by atomic mass is 35.5. The molecule has 0 amide bonds. The van der Waals surface area contributed by atoms with Crippen LogP contribution in [0.4, 0.5) is 11.5 Å². The quantitative estimate of drug-likeness (QED) is 0.555. The number of halogens is 1. The Morgan fingerprint density at radius 3 is 2.71 bits per heavy atom. The number of nitro benzene ring substituents is 1. The topological polar surface area (TPSA) is 128 Å². The predicted molar refractivity (Wildman–Crippen MR) is 86.2 cm³/mol. The fourth-order valence-corrected chi connectivity index (χ4v) is 3.17. The van der Waals surface area contributed by atoms with Crippen LogP contribution < -0.4 is 4.72 Å². The molecule has 3 aromatic rings. The number of pyridine rings is 1. The molecule has 0 atom stereocenters. The van der Waals surface area contributed by atoms with Crippen LogP contribution in [0.1, 0.15) is 0 Å². The Morgan fingerprint density at radius 2 is 1.96 bits per heavy atom. The molecule has 0 aliphatic heterocycles. The summed E-state index contributed by atoms with van der Waals surface area (Å²) >= 11 is 5.94. The summed E-state index contributed by atoms with van der Waals surface area (Å²) < 4.78 is 26.9. The SMILES string of the molecule is O=[N+]([O-])c1cccc(S(=O)(=O)Nc2nc3ncccc3nc2Cl)c1. The molecule has 3 rings (SSSR count). The van der Waals surface area contributed by atoms with E-state index in [2.05, 4.69) is 19.7 Å². The van der Waals surface area contributed by atoms with E-state index in [9.17, 15) is 18.5 Å². The number of sulfonamides is 1. The van der Waals surface area contributed by atoms with Crippen molar-refractivity contribution in [2.24, 2.45) is 0 Å². The van der Waals surface area contributed by atoms with E-state index < -0.39 is 14.9 Å². The number of hydrogen-bond acceptors (Lipinski definition) is 7. The molecule has 0 aliphatic carbocycles. The lowest BCUT2D eigenvalue weighted by molar-refractivity contribution is -0.385. The summed E-state index contributed by atoms with van der Waals surface area (Å²) in [7, 11) is -4.13. The van der Waals surface area contributed by atoms with E-state index in [1.165, 1.54) is 24.4 Å². The van der Waals surface area contributed by atoms with Crippen LogP contribution in [0.3, 0.4) is 0 Å². The van der Waals surface area contributed by atoms with Gasteiger partial charge in [-0.2, -0.15) is 0 Å². The predicted octanol–water partition coefficient (Wildman–Crippen LogP) is 2.39. The van der Waals surface area contributed by atoms with Crippen LogP contribution in [0.5, 0.6) is 0 Å². The molecule has 0 saturated heterocycles. The average Bonchev–Trinajstić information content (AvgIpc) is 2.55. The number of nitrogens with zero attached hydrogens (tertiary/aromatic N) is 4. The summed E-state index contributed by atoms with van der Waals surface area (Å²) in [5.74, 6) is -0.214. The van der Waals surface area contributed by atoms with E-state index in [-0.39, 0.29) is 27.2 Å². The standard InChI is InChI=1S/C13H8ClN5O4S/c14-11-13(17-12-10(16-11)5-2-6-15-12)18-24(22,23)9-4-1-3-8(7-9)19(20)21/h1-7H,(H,15,17,18). The number of fused-ring (bicyclic) bond motifs is 1. The molecule has 0 saturated carbocycles. The van der Waals surface area contributed by atoms with Gasteiger partial charge in [0, 0.05) is 18.3 Å². The lowest BCUT2D eigenvalue weighted by Crippen LogP contribution is -2.15. The van der Waals surface area contributed by atoms with Crippen molar-refractivity contribution >= 4 is 44.3 Å². The molecule has 1 aromatic carbocycles. The zero-order valence-electron chi connectivity index (χ0n) is 11.7. The first-order chi connectivity index (χ1) is 11.4. The van der Waals surface area contributed by atoms with Crippen LogP contribution in [-0.4, -0.2) is 28.3 Å². The highest BCUT2D eigenvalue weighted by Crippen LogP contribution is 2.24. The van der Waals surface area contributed by atoms with Gasteiger partial charge in [-0.15, -0.1) is 0 Å². The van der Waals surface area contributed by atoms with Crippen molar-refractivity contribution < 1.29 is 13.3 Å². The maximum absolute atomic E-state index is 12.4. The van der Waals surface area contributed by atoms with E-state index in [1.54, 1.807) is 12.1 Å². The lowest BCUT2D eigenvalue weighted by atomic mass is 10.3. The van der Waals surface area contributed by atoms with Gasteiger partial charge in [0.1, 0.15) is 5.52 Å². The maximum Gasteiger partial charge on any atom is 0.270 e. The smallest absolute Gasteiger partial charge is 0.261 e. The second kappa shape index (κ2) is 5.98. The number of benzene rings is 1.